The highest BCUT2D eigenvalue weighted by Crippen LogP contribution is 2.31. The third-order valence-electron chi connectivity index (χ3n) is 3.05. The summed E-state index contributed by atoms with van der Waals surface area (Å²) in [6.07, 6.45) is 14.9. The van der Waals surface area contributed by atoms with E-state index >= 15 is 0 Å². The minimum Gasteiger partial charge on any atom is -0.120 e. The van der Waals surface area contributed by atoms with E-state index in [1.54, 1.807) is 0 Å². The summed E-state index contributed by atoms with van der Waals surface area (Å²) in [4.78, 5) is 0. The van der Waals surface area contributed by atoms with Gasteiger partial charge in [0.25, 0.3) is 0 Å². The smallest absolute Gasteiger partial charge is 0.0200 e. The molecule has 1 rings (SSSR count). The summed E-state index contributed by atoms with van der Waals surface area (Å²) >= 11 is 0. The third-order valence-corrected chi connectivity index (χ3v) is 3.05. The van der Waals surface area contributed by atoms with Crippen molar-refractivity contribution in [3.8, 4) is 12.3 Å². The van der Waals surface area contributed by atoms with E-state index in [-0.39, 0.29) is 0 Å². The Balaban J connectivity index is 2.14. The largest absolute Gasteiger partial charge is 0.120 e. The highest BCUT2D eigenvalue weighted by Gasteiger charge is 2.18. The van der Waals surface area contributed by atoms with Gasteiger partial charge in [0.1, 0.15) is 0 Å². The Morgan fingerprint density at radius 2 is 1.92 bits per heavy atom. The predicted molar refractivity (Wildman–Crippen MR) is 53.8 cm³/mol. The van der Waals surface area contributed by atoms with Gasteiger partial charge in [-0.2, -0.15) is 0 Å². The Labute approximate surface area is 76.7 Å². The normalized spacial score (nSPS) is 29.7. The number of unbranched alkanes of at least 4 members (excludes halogenated alkanes) is 1. The summed E-state index contributed by atoms with van der Waals surface area (Å²) in [7, 11) is 0. The van der Waals surface area contributed by atoms with Crippen LogP contribution in [0, 0.1) is 24.2 Å². The van der Waals surface area contributed by atoms with Crippen molar-refractivity contribution in [3.05, 3.63) is 0 Å². The molecule has 12 heavy (non-hydrogen) atoms. The molecule has 0 nitrogen and oxygen atoms in total. The van der Waals surface area contributed by atoms with Crippen LogP contribution >= 0.6 is 0 Å². The van der Waals surface area contributed by atoms with Crippen LogP contribution in [0.1, 0.15) is 51.9 Å². The summed E-state index contributed by atoms with van der Waals surface area (Å²) < 4.78 is 0. The van der Waals surface area contributed by atoms with Gasteiger partial charge in [-0.1, -0.05) is 26.2 Å². The lowest BCUT2D eigenvalue weighted by Gasteiger charge is -2.25. The van der Waals surface area contributed by atoms with E-state index in [1.807, 2.05) is 0 Å². The molecule has 0 radical (unpaired) electrons. The second-order valence-electron chi connectivity index (χ2n) is 4.03. The molecule has 0 bridgehead atoms. The molecule has 0 heterocycles. The molecule has 1 fully saturated rings. The Kier molecular flexibility index (Phi) is 4.22. The maximum atomic E-state index is 5.40. The van der Waals surface area contributed by atoms with Gasteiger partial charge >= 0.3 is 0 Å². The molecule has 0 unspecified atom stereocenters. The average Bonchev–Trinajstić information content (AvgIpc) is 2.15. The van der Waals surface area contributed by atoms with E-state index in [4.69, 9.17) is 6.42 Å². The Morgan fingerprint density at radius 3 is 2.42 bits per heavy atom. The van der Waals surface area contributed by atoms with Crippen LogP contribution in [0.3, 0.4) is 0 Å². The van der Waals surface area contributed by atoms with Crippen molar-refractivity contribution in [2.45, 2.75) is 51.9 Å². The van der Waals surface area contributed by atoms with Crippen molar-refractivity contribution < 1.29 is 0 Å². The molecule has 0 saturated heterocycles. The fraction of sp³-hybridized carbons (Fsp3) is 0.833. The van der Waals surface area contributed by atoms with Gasteiger partial charge in [-0.3, -0.25) is 0 Å². The molecular weight excluding hydrogens is 144 g/mol. The first kappa shape index (κ1) is 9.65. The lowest BCUT2D eigenvalue weighted by Crippen LogP contribution is -2.12. The molecule has 0 N–H and O–H groups in total. The van der Waals surface area contributed by atoms with Gasteiger partial charge in [-0.15, -0.1) is 12.3 Å². The number of hydrogen-bond acceptors (Lipinski definition) is 0. The van der Waals surface area contributed by atoms with E-state index in [0.717, 1.165) is 5.92 Å². The van der Waals surface area contributed by atoms with E-state index < -0.39 is 0 Å². The lowest BCUT2D eigenvalue weighted by atomic mass is 9.80. The number of hydrogen-bond donors (Lipinski definition) is 0. The molecule has 0 atom stereocenters. The van der Waals surface area contributed by atoms with Crippen LogP contribution in [-0.2, 0) is 0 Å². The highest BCUT2D eigenvalue weighted by atomic mass is 14.2. The van der Waals surface area contributed by atoms with Crippen LogP contribution in [0.15, 0.2) is 0 Å². The zero-order valence-electron chi connectivity index (χ0n) is 8.18. The van der Waals surface area contributed by atoms with Gasteiger partial charge < -0.3 is 0 Å². The van der Waals surface area contributed by atoms with Crippen LogP contribution < -0.4 is 0 Å². The molecule has 1 aliphatic carbocycles. The molecule has 1 aliphatic rings. The topological polar surface area (TPSA) is 0 Å². The molecule has 68 valence electrons. The fourth-order valence-electron chi connectivity index (χ4n) is 2.11. The molecule has 0 aromatic rings. The first-order chi connectivity index (χ1) is 5.86. The van der Waals surface area contributed by atoms with Crippen LogP contribution in [0.5, 0.6) is 0 Å². The molecule has 0 aliphatic heterocycles. The molecular formula is C12H20. The summed E-state index contributed by atoms with van der Waals surface area (Å²) in [5, 5.41) is 0. The van der Waals surface area contributed by atoms with Crippen LogP contribution in [0.4, 0.5) is 0 Å². The first-order valence-corrected chi connectivity index (χ1v) is 5.33. The van der Waals surface area contributed by atoms with Gasteiger partial charge in [0, 0.05) is 5.92 Å². The van der Waals surface area contributed by atoms with Gasteiger partial charge in [0.2, 0.25) is 0 Å². The third kappa shape index (κ3) is 2.89. The van der Waals surface area contributed by atoms with Gasteiger partial charge in [-0.25, -0.2) is 0 Å². The Morgan fingerprint density at radius 1 is 1.25 bits per heavy atom. The maximum Gasteiger partial charge on any atom is 0.0200 e. The minimum atomic E-state index is 0.600. The summed E-state index contributed by atoms with van der Waals surface area (Å²) in [6, 6.07) is 0. The Hall–Kier alpha value is -0.440. The zero-order valence-corrected chi connectivity index (χ0v) is 8.18. The SMILES string of the molecule is C#CC1CCC(CCCC)CC1. The van der Waals surface area contributed by atoms with E-state index in [1.165, 1.54) is 44.9 Å². The second-order valence-corrected chi connectivity index (χ2v) is 4.03. The summed E-state index contributed by atoms with van der Waals surface area (Å²) in [6.45, 7) is 2.27. The molecule has 0 heteroatoms. The highest BCUT2D eigenvalue weighted by molar-refractivity contribution is 4.95. The number of rotatable bonds is 3. The lowest BCUT2D eigenvalue weighted by molar-refractivity contribution is 0.296. The van der Waals surface area contributed by atoms with Gasteiger partial charge in [0.15, 0.2) is 0 Å². The minimum absolute atomic E-state index is 0.600. The zero-order chi connectivity index (χ0) is 8.81. The molecule has 0 spiro atoms. The second kappa shape index (κ2) is 5.25. The van der Waals surface area contributed by atoms with Crippen molar-refractivity contribution in [2.75, 3.05) is 0 Å². The van der Waals surface area contributed by atoms with Gasteiger partial charge in [0.05, 0.1) is 0 Å². The quantitative estimate of drug-likeness (QED) is 0.559. The van der Waals surface area contributed by atoms with Crippen LogP contribution in [-0.4, -0.2) is 0 Å². The predicted octanol–water partition coefficient (Wildman–Crippen LogP) is 3.62. The Bertz CT molecular complexity index is 144. The van der Waals surface area contributed by atoms with Crippen molar-refractivity contribution in [1.82, 2.24) is 0 Å². The van der Waals surface area contributed by atoms with Crippen molar-refractivity contribution >= 4 is 0 Å². The summed E-state index contributed by atoms with van der Waals surface area (Å²) in [5.74, 6) is 4.48. The summed E-state index contributed by atoms with van der Waals surface area (Å²) in [5.41, 5.74) is 0. The van der Waals surface area contributed by atoms with Crippen molar-refractivity contribution in [1.29, 1.82) is 0 Å². The molecule has 0 amide bonds. The van der Waals surface area contributed by atoms with E-state index in [9.17, 15) is 0 Å². The van der Waals surface area contributed by atoms with Gasteiger partial charge in [-0.05, 0) is 31.6 Å². The van der Waals surface area contributed by atoms with E-state index in [2.05, 4.69) is 12.8 Å². The monoisotopic (exact) mass is 164 g/mol. The fourth-order valence-corrected chi connectivity index (χ4v) is 2.11. The first-order valence-electron chi connectivity index (χ1n) is 5.33. The van der Waals surface area contributed by atoms with E-state index in [0.29, 0.717) is 5.92 Å². The maximum absolute atomic E-state index is 5.40. The standard InChI is InChI=1S/C12H20/c1-3-5-6-12-9-7-11(4-2)8-10-12/h2,11-12H,3,5-10H2,1H3. The van der Waals surface area contributed by atoms with Crippen LogP contribution in [0.2, 0.25) is 0 Å². The molecule has 0 aromatic heterocycles. The number of terminal acetylenes is 1. The van der Waals surface area contributed by atoms with Crippen molar-refractivity contribution in [2.24, 2.45) is 11.8 Å². The van der Waals surface area contributed by atoms with Crippen molar-refractivity contribution in [3.63, 3.8) is 0 Å². The molecule has 0 aromatic carbocycles. The molecule has 1 saturated carbocycles. The van der Waals surface area contributed by atoms with Crippen LogP contribution in [0.25, 0.3) is 0 Å². The average molecular weight is 164 g/mol.